The SMILES string of the molecule is O=Cc1ccc(Oc2ccc(Cc3ccc(Oc4ccc(C=O)cc4)cc3)cc2)cc1. The molecule has 0 unspecified atom stereocenters. The average molecular weight is 408 g/mol. The Balaban J connectivity index is 1.35. The van der Waals surface area contributed by atoms with Crippen LogP contribution in [0.4, 0.5) is 0 Å². The third-order valence-corrected chi connectivity index (χ3v) is 4.76. The van der Waals surface area contributed by atoms with Crippen molar-refractivity contribution in [2.45, 2.75) is 6.42 Å². The fraction of sp³-hybridized carbons (Fsp3) is 0.0370. The first-order valence-electron chi connectivity index (χ1n) is 9.86. The van der Waals surface area contributed by atoms with Crippen molar-refractivity contribution in [3.63, 3.8) is 0 Å². The molecule has 0 aliphatic heterocycles. The number of rotatable bonds is 8. The molecule has 0 saturated heterocycles. The minimum Gasteiger partial charge on any atom is -0.457 e. The Kier molecular flexibility index (Phi) is 6.19. The van der Waals surface area contributed by atoms with E-state index in [4.69, 9.17) is 9.47 Å². The maximum atomic E-state index is 10.7. The maximum Gasteiger partial charge on any atom is 0.150 e. The summed E-state index contributed by atoms with van der Waals surface area (Å²) in [7, 11) is 0. The molecule has 4 heteroatoms. The lowest BCUT2D eigenvalue weighted by molar-refractivity contribution is 0.111. The van der Waals surface area contributed by atoms with E-state index in [9.17, 15) is 9.59 Å². The van der Waals surface area contributed by atoms with E-state index in [0.717, 1.165) is 30.5 Å². The lowest BCUT2D eigenvalue weighted by atomic mass is 10.0. The van der Waals surface area contributed by atoms with Crippen molar-refractivity contribution in [2.75, 3.05) is 0 Å². The predicted molar refractivity (Wildman–Crippen MR) is 119 cm³/mol. The monoisotopic (exact) mass is 408 g/mol. The largest absolute Gasteiger partial charge is 0.457 e. The van der Waals surface area contributed by atoms with E-state index < -0.39 is 0 Å². The molecule has 0 atom stereocenters. The van der Waals surface area contributed by atoms with E-state index in [1.165, 1.54) is 11.1 Å². The van der Waals surface area contributed by atoms with Gasteiger partial charge in [-0.05, 0) is 90.3 Å². The fourth-order valence-electron chi connectivity index (χ4n) is 3.09. The highest BCUT2D eigenvalue weighted by Gasteiger charge is 2.02. The zero-order valence-electron chi connectivity index (χ0n) is 16.7. The molecule has 0 aliphatic rings. The molecule has 4 aromatic rings. The van der Waals surface area contributed by atoms with Gasteiger partial charge in [0.1, 0.15) is 35.6 Å². The van der Waals surface area contributed by atoms with Crippen molar-refractivity contribution in [1.29, 1.82) is 0 Å². The molecule has 0 N–H and O–H groups in total. The van der Waals surface area contributed by atoms with Gasteiger partial charge in [0.2, 0.25) is 0 Å². The zero-order valence-corrected chi connectivity index (χ0v) is 16.7. The Labute approximate surface area is 180 Å². The van der Waals surface area contributed by atoms with Crippen LogP contribution in [0, 0.1) is 0 Å². The van der Waals surface area contributed by atoms with Crippen molar-refractivity contribution in [1.82, 2.24) is 0 Å². The van der Waals surface area contributed by atoms with Gasteiger partial charge in [0.15, 0.2) is 0 Å². The van der Waals surface area contributed by atoms with Gasteiger partial charge in [-0.1, -0.05) is 24.3 Å². The Morgan fingerprint density at radius 1 is 0.452 bits per heavy atom. The summed E-state index contributed by atoms with van der Waals surface area (Å²) in [4.78, 5) is 21.5. The van der Waals surface area contributed by atoms with Crippen molar-refractivity contribution < 1.29 is 19.1 Å². The molecule has 0 saturated carbocycles. The lowest BCUT2D eigenvalue weighted by Crippen LogP contribution is -1.90. The Hall–Kier alpha value is -4.18. The third-order valence-electron chi connectivity index (χ3n) is 4.76. The summed E-state index contributed by atoms with van der Waals surface area (Å²) in [6, 6.07) is 29.9. The van der Waals surface area contributed by atoms with Gasteiger partial charge in [-0.15, -0.1) is 0 Å². The van der Waals surface area contributed by atoms with Crippen LogP contribution in [0.2, 0.25) is 0 Å². The summed E-state index contributed by atoms with van der Waals surface area (Å²) in [6.45, 7) is 0. The molecule has 4 aromatic carbocycles. The van der Waals surface area contributed by atoms with Crippen molar-refractivity contribution in [3.8, 4) is 23.0 Å². The summed E-state index contributed by atoms with van der Waals surface area (Å²) in [5.74, 6) is 2.86. The summed E-state index contributed by atoms with van der Waals surface area (Å²) in [5, 5.41) is 0. The number of aldehydes is 2. The van der Waals surface area contributed by atoms with Gasteiger partial charge in [-0.3, -0.25) is 9.59 Å². The van der Waals surface area contributed by atoms with Gasteiger partial charge < -0.3 is 9.47 Å². The van der Waals surface area contributed by atoms with Crippen molar-refractivity contribution in [2.24, 2.45) is 0 Å². The molecule has 0 amide bonds. The van der Waals surface area contributed by atoms with Crippen LogP contribution in [0.3, 0.4) is 0 Å². The molecular formula is C27H20O4. The predicted octanol–water partition coefficient (Wildman–Crippen LogP) is 6.49. The zero-order chi connectivity index (χ0) is 21.5. The Morgan fingerprint density at radius 3 is 1.03 bits per heavy atom. The fourth-order valence-corrected chi connectivity index (χ4v) is 3.09. The van der Waals surface area contributed by atoms with E-state index >= 15 is 0 Å². The molecule has 152 valence electrons. The first-order chi connectivity index (χ1) is 15.2. The molecule has 0 fully saturated rings. The second-order valence-corrected chi connectivity index (χ2v) is 7.04. The Morgan fingerprint density at radius 2 is 0.742 bits per heavy atom. The molecule has 0 bridgehead atoms. The summed E-state index contributed by atoms with van der Waals surface area (Å²) in [5.41, 5.74) is 3.58. The Bertz CT molecular complexity index is 1050. The second-order valence-electron chi connectivity index (χ2n) is 7.04. The summed E-state index contributed by atoms with van der Waals surface area (Å²) < 4.78 is 11.6. The van der Waals surface area contributed by atoms with Gasteiger partial charge >= 0.3 is 0 Å². The minimum atomic E-state index is 0.620. The van der Waals surface area contributed by atoms with E-state index in [2.05, 4.69) is 0 Å². The van der Waals surface area contributed by atoms with Crippen molar-refractivity contribution >= 4 is 12.6 Å². The second kappa shape index (κ2) is 9.55. The van der Waals surface area contributed by atoms with Crippen LogP contribution in [0.25, 0.3) is 0 Å². The molecule has 0 aromatic heterocycles. The summed E-state index contributed by atoms with van der Waals surface area (Å²) >= 11 is 0. The molecule has 4 nitrogen and oxygen atoms in total. The van der Waals surface area contributed by atoms with Crippen molar-refractivity contribution in [3.05, 3.63) is 119 Å². The van der Waals surface area contributed by atoms with Gasteiger partial charge in [0.25, 0.3) is 0 Å². The first-order valence-corrected chi connectivity index (χ1v) is 9.86. The normalized spacial score (nSPS) is 10.3. The highest BCUT2D eigenvalue weighted by molar-refractivity contribution is 5.75. The number of hydrogen-bond acceptors (Lipinski definition) is 4. The van der Waals surface area contributed by atoms with Crippen LogP contribution in [0.5, 0.6) is 23.0 Å². The third kappa shape index (κ3) is 5.46. The number of carbonyl (C=O) groups is 2. The topological polar surface area (TPSA) is 52.6 Å². The number of benzene rings is 4. The number of hydrogen-bond donors (Lipinski definition) is 0. The molecular weight excluding hydrogens is 388 g/mol. The van der Waals surface area contributed by atoms with Crippen LogP contribution in [0.1, 0.15) is 31.8 Å². The van der Waals surface area contributed by atoms with Crippen LogP contribution in [-0.4, -0.2) is 12.6 Å². The van der Waals surface area contributed by atoms with Gasteiger partial charge in [-0.25, -0.2) is 0 Å². The van der Waals surface area contributed by atoms with Crippen LogP contribution < -0.4 is 9.47 Å². The van der Waals surface area contributed by atoms with Crippen LogP contribution in [0.15, 0.2) is 97.1 Å². The minimum absolute atomic E-state index is 0.620. The molecule has 0 heterocycles. The first kappa shape index (κ1) is 20.1. The molecule has 0 radical (unpaired) electrons. The smallest absolute Gasteiger partial charge is 0.150 e. The highest BCUT2D eigenvalue weighted by atomic mass is 16.5. The van der Waals surface area contributed by atoms with Crippen LogP contribution in [-0.2, 0) is 6.42 Å². The van der Waals surface area contributed by atoms with E-state index in [0.29, 0.717) is 22.6 Å². The molecule has 0 aliphatic carbocycles. The number of ether oxygens (including phenoxy) is 2. The molecule has 31 heavy (non-hydrogen) atoms. The molecule has 0 spiro atoms. The summed E-state index contributed by atoms with van der Waals surface area (Å²) in [6.07, 6.45) is 2.41. The van der Waals surface area contributed by atoms with Gasteiger partial charge in [-0.2, -0.15) is 0 Å². The van der Waals surface area contributed by atoms with Crippen LogP contribution >= 0.6 is 0 Å². The standard InChI is InChI=1S/C27H20O4/c28-18-22-5-13-26(14-6-22)30-24-9-1-20(2-10-24)17-21-3-11-25(12-4-21)31-27-15-7-23(19-29)8-16-27/h1-16,18-19H,17H2. The average Bonchev–Trinajstić information content (AvgIpc) is 2.82. The highest BCUT2D eigenvalue weighted by Crippen LogP contribution is 2.25. The molecule has 4 rings (SSSR count). The van der Waals surface area contributed by atoms with E-state index in [-0.39, 0.29) is 0 Å². The maximum absolute atomic E-state index is 10.7. The van der Waals surface area contributed by atoms with Gasteiger partial charge in [0.05, 0.1) is 0 Å². The van der Waals surface area contributed by atoms with Gasteiger partial charge in [0, 0.05) is 11.1 Å². The quantitative estimate of drug-likeness (QED) is 0.313. The lowest BCUT2D eigenvalue weighted by Gasteiger charge is -2.09. The number of carbonyl (C=O) groups excluding carboxylic acids is 2. The van der Waals surface area contributed by atoms with E-state index in [1.54, 1.807) is 48.5 Å². The van der Waals surface area contributed by atoms with E-state index in [1.807, 2.05) is 48.5 Å².